The van der Waals surface area contributed by atoms with E-state index in [2.05, 4.69) is 20.6 Å². The third kappa shape index (κ3) is 6.36. The molecule has 0 aliphatic carbocycles. The Hall–Kier alpha value is -3.32. The van der Waals surface area contributed by atoms with E-state index in [1.54, 1.807) is 12.1 Å². The molecule has 3 rings (SSSR count). The van der Waals surface area contributed by atoms with Crippen molar-refractivity contribution in [2.24, 2.45) is 0 Å². The zero-order valence-electron chi connectivity index (χ0n) is 15.7. The maximum absolute atomic E-state index is 13.2. The summed E-state index contributed by atoms with van der Waals surface area (Å²) in [5.74, 6) is -1.25. The monoisotopic (exact) mass is 414 g/mol. The minimum absolute atomic E-state index is 0. The van der Waals surface area contributed by atoms with Crippen LogP contribution in [0.1, 0.15) is 37.7 Å². The Morgan fingerprint density at radius 1 is 0.862 bits per heavy atom. The molecule has 6 nitrogen and oxygen atoms in total. The Morgan fingerprint density at radius 3 is 1.97 bits per heavy atom. The van der Waals surface area contributed by atoms with E-state index in [0.717, 1.165) is 11.1 Å². The van der Waals surface area contributed by atoms with E-state index in [-0.39, 0.29) is 36.2 Å². The third-order valence-corrected chi connectivity index (χ3v) is 4.01. The van der Waals surface area contributed by atoms with E-state index in [4.69, 9.17) is 0 Å². The number of halogens is 2. The number of benzene rings is 2. The summed E-state index contributed by atoms with van der Waals surface area (Å²) in [5.41, 5.74) is 2.85. The molecule has 0 saturated carbocycles. The molecule has 150 valence electrons. The summed E-state index contributed by atoms with van der Waals surface area (Å²) in [6.45, 7) is 2.48. The lowest BCUT2D eigenvalue weighted by molar-refractivity contribution is 0.0944. The van der Waals surface area contributed by atoms with Crippen LogP contribution >= 0.6 is 12.4 Å². The molecule has 0 radical (unpaired) electrons. The van der Waals surface area contributed by atoms with Gasteiger partial charge in [0.2, 0.25) is 0 Å². The van der Waals surface area contributed by atoms with Crippen LogP contribution in [-0.2, 0) is 13.1 Å². The highest BCUT2D eigenvalue weighted by Crippen LogP contribution is 2.06. The minimum Gasteiger partial charge on any atom is -0.347 e. The highest BCUT2D eigenvalue weighted by atomic mass is 35.5. The minimum atomic E-state index is -0.473. The fourth-order valence-corrected chi connectivity index (χ4v) is 2.62. The van der Waals surface area contributed by atoms with Gasteiger partial charge in [0.05, 0.1) is 0 Å². The van der Waals surface area contributed by atoms with Crippen LogP contribution in [0.3, 0.4) is 0 Å². The molecule has 0 unspecified atom stereocenters. The molecule has 8 heteroatoms. The van der Waals surface area contributed by atoms with Gasteiger partial charge in [0, 0.05) is 19.2 Å². The number of carbonyl (C=O) groups excluding carboxylic acids is 2. The molecule has 3 aromatic rings. The largest absolute Gasteiger partial charge is 0.347 e. The highest BCUT2D eigenvalue weighted by Gasteiger charge is 2.13. The SMILES string of the molecule is Cc1cccc(CNC(=O)c2cc(C(=O)NCc3cccc(F)c3)ncn2)c1.Cl. The van der Waals surface area contributed by atoms with E-state index in [9.17, 15) is 14.0 Å². The van der Waals surface area contributed by atoms with Crippen molar-refractivity contribution in [1.82, 2.24) is 20.6 Å². The number of aromatic nitrogens is 2. The average molecular weight is 415 g/mol. The van der Waals surface area contributed by atoms with Crippen molar-refractivity contribution in [1.29, 1.82) is 0 Å². The molecule has 0 aliphatic rings. The van der Waals surface area contributed by atoms with Crippen LogP contribution in [0.15, 0.2) is 60.9 Å². The second-order valence-electron chi connectivity index (χ2n) is 6.27. The number of nitrogens with zero attached hydrogens (tertiary/aromatic N) is 2. The van der Waals surface area contributed by atoms with E-state index < -0.39 is 11.8 Å². The van der Waals surface area contributed by atoms with Crippen LogP contribution in [0.25, 0.3) is 0 Å². The van der Waals surface area contributed by atoms with Crippen molar-refractivity contribution < 1.29 is 14.0 Å². The Morgan fingerprint density at radius 2 is 1.41 bits per heavy atom. The van der Waals surface area contributed by atoms with Gasteiger partial charge in [0.15, 0.2) is 0 Å². The number of carbonyl (C=O) groups is 2. The van der Waals surface area contributed by atoms with Gasteiger partial charge >= 0.3 is 0 Å². The lowest BCUT2D eigenvalue weighted by atomic mass is 10.1. The standard InChI is InChI=1S/C21H19FN4O2.ClH/c1-14-4-2-5-15(8-14)11-23-20(27)18-10-19(26-13-25-18)21(28)24-12-16-6-3-7-17(22)9-16;/h2-10,13H,11-12H2,1H3,(H,23,27)(H,24,28);1H. The van der Waals surface area contributed by atoms with Crippen molar-refractivity contribution in [3.63, 3.8) is 0 Å². The summed E-state index contributed by atoms with van der Waals surface area (Å²) < 4.78 is 13.2. The fraction of sp³-hybridized carbons (Fsp3) is 0.143. The second-order valence-corrected chi connectivity index (χ2v) is 6.27. The lowest BCUT2D eigenvalue weighted by Gasteiger charge is -2.07. The predicted molar refractivity (Wildman–Crippen MR) is 109 cm³/mol. The molecule has 0 aliphatic heterocycles. The van der Waals surface area contributed by atoms with Crippen LogP contribution in [0.4, 0.5) is 4.39 Å². The van der Waals surface area contributed by atoms with Crippen molar-refractivity contribution in [2.75, 3.05) is 0 Å². The Balaban J connectivity index is 0.00000300. The van der Waals surface area contributed by atoms with Crippen LogP contribution in [0, 0.1) is 12.7 Å². The second kappa shape index (κ2) is 10.3. The van der Waals surface area contributed by atoms with Crippen LogP contribution < -0.4 is 10.6 Å². The zero-order valence-corrected chi connectivity index (χ0v) is 16.5. The van der Waals surface area contributed by atoms with Gasteiger partial charge in [-0.05, 0) is 30.2 Å². The van der Waals surface area contributed by atoms with E-state index in [1.165, 1.54) is 24.5 Å². The molecule has 29 heavy (non-hydrogen) atoms. The summed E-state index contributed by atoms with van der Waals surface area (Å²) in [5, 5.41) is 5.42. The summed E-state index contributed by atoms with van der Waals surface area (Å²) in [6, 6.07) is 15.1. The number of hydrogen-bond acceptors (Lipinski definition) is 4. The molecule has 2 amide bonds. The molecular formula is C21H20ClFN4O2. The van der Waals surface area contributed by atoms with Gasteiger partial charge in [-0.2, -0.15) is 0 Å². The average Bonchev–Trinajstić information content (AvgIpc) is 2.70. The molecule has 0 spiro atoms. The van der Waals surface area contributed by atoms with Gasteiger partial charge in [0.1, 0.15) is 23.5 Å². The van der Waals surface area contributed by atoms with Gasteiger partial charge in [-0.1, -0.05) is 42.0 Å². The van der Waals surface area contributed by atoms with Crippen molar-refractivity contribution in [3.8, 4) is 0 Å². The maximum atomic E-state index is 13.2. The third-order valence-electron chi connectivity index (χ3n) is 4.01. The first kappa shape index (κ1) is 22.0. The van der Waals surface area contributed by atoms with Crippen LogP contribution in [0.2, 0.25) is 0 Å². The number of hydrogen-bond donors (Lipinski definition) is 2. The first-order valence-corrected chi connectivity index (χ1v) is 8.70. The fourth-order valence-electron chi connectivity index (χ4n) is 2.62. The molecule has 2 N–H and O–H groups in total. The van der Waals surface area contributed by atoms with E-state index in [0.29, 0.717) is 12.1 Å². The van der Waals surface area contributed by atoms with Gasteiger partial charge < -0.3 is 10.6 Å². The van der Waals surface area contributed by atoms with Gasteiger partial charge in [-0.3, -0.25) is 9.59 Å². The van der Waals surface area contributed by atoms with Gasteiger partial charge in [0.25, 0.3) is 11.8 Å². The van der Waals surface area contributed by atoms with Crippen LogP contribution in [0.5, 0.6) is 0 Å². The summed E-state index contributed by atoms with van der Waals surface area (Å²) in [4.78, 5) is 32.4. The number of amides is 2. The maximum Gasteiger partial charge on any atom is 0.270 e. The first-order chi connectivity index (χ1) is 13.5. The molecule has 0 bridgehead atoms. The van der Waals surface area contributed by atoms with Gasteiger partial charge in [-0.15, -0.1) is 12.4 Å². The smallest absolute Gasteiger partial charge is 0.270 e. The van der Waals surface area contributed by atoms with Crippen molar-refractivity contribution in [3.05, 3.63) is 94.8 Å². The number of aryl methyl sites for hydroxylation is 1. The molecule has 1 heterocycles. The lowest BCUT2D eigenvalue weighted by Crippen LogP contribution is -2.27. The Labute approximate surface area is 174 Å². The molecule has 1 aromatic heterocycles. The van der Waals surface area contributed by atoms with E-state index >= 15 is 0 Å². The summed E-state index contributed by atoms with van der Waals surface area (Å²) in [7, 11) is 0. The normalized spacial score (nSPS) is 10.0. The Bertz CT molecular complexity index is 936. The van der Waals surface area contributed by atoms with Crippen molar-refractivity contribution >= 4 is 24.2 Å². The number of nitrogens with one attached hydrogen (secondary N) is 2. The molecule has 2 aromatic carbocycles. The van der Waals surface area contributed by atoms with Crippen LogP contribution in [-0.4, -0.2) is 21.8 Å². The summed E-state index contributed by atoms with van der Waals surface area (Å²) >= 11 is 0. The molecule has 0 atom stereocenters. The Kier molecular flexibility index (Phi) is 7.79. The molecule has 0 fully saturated rings. The molecule has 0 saturated heterocycles. The predicted octanol–water partition coefficient (Wildman–Crippen LogP) is 3.21. The summed E-state index contributed by atoms with van der Waals surface area (Å²) in [6.07, 6.45) is 1.17. The quantitative estimate of drug-likeness (QED) is 0.648. The highest BCUT2D eigenvalue weighted by molar-refractivity contribution is 5.97. The van der Waals surface area contributed by atoms with E-state index in [1.807, 2.05) is 31.2 Å². The zero-order chi connectivity index (χ0) is 19.9. The van der Waals surface area contributed by atoms with Crippen molar-refractivity contribution in [2.45, 2.75) is 20.0 Å². The topological polar surface area (TPSA) is 84.0 Å². The van der Waals surface area contributed by atoms with Gasteiger partial charge in [-0.25, -0.2) is 14.4 Å². The number of rotatable bonds is 6. The molecular weight excluding hydrogens is 395 g/mol. The first-order valence-electron chi connectivity index (χ1n) is 8.70.